The molecule has 0 aliphatic heterocycles. The highest BCUT2D eigenvalue weighted by atomic mass is 79.9. The second-order valence-electron chi connectivity index (χ2n) is 3.87. The lowest BCUT2D eigenvalue weighted by Crippen LogP contribution is -2.14. The molecule has 0 radical (unpaired) electrons. The van der Waals surface area contributed by atoms with Crippen molar-refractivity contribution in [3.8, 4) is 0 Å². The van der Waals surface area contributed by atoms with Crippen molar-refractivity contribution >= 4 is 54.8 Å². The van der Waals surface area contributed by atoms with Crippen LogP contribution in [-0.4, -0.2) is 13.0 Å². The Morgan fingerprint density at radius 1 is 1.32 bits per heavy atom. The molecule has 0 spiro atoms. The largest absolute Gasteiger partial charge is 0.321 e. The van der Waals surface area contributed by atoms with Gasteiger partial charge in [0.25, 0.3) is 5.91 Å². The molecule has 0 saturated heterocycles. The molecule has 2 aromatic rings. The molecule has 2 rings (SSSR count). The number of carbonyl (C=O) groups excluding carboxylic acids is 1. The molecule has 1 aromatic heterocycles. The lowest BCUT2D eigenvalue weighted by atomic mass is 10.1. The quantitative estimate of drug-likeness (QED) is 0.801. The Morgan fingerprint density at radius 3 is 2.68 bits per heavy atom. The van der Waals surface area contributed by atoms with E-state index in [1.54, 1.807) is 0 Å². The number of amides is 1. The van der Waals surface area contributed by atoms with Crippen LogP contribution in [0, 0.1) is 0 Å². The zero-order valence-electron chi connectivity index (χ0n) is 10.2. The second kappa shape index (κ2) is 6.65. The molecule has 100 valence electrons. The summed E-state index contributed by atoms with van der Waals surface area (Å²) in [6.45, 7) is 0.717. The Balaban J connectivity index is 2.19. The van der Waals surface area contributed by atoms with Crippen LogP contribution in [0.15, 0.2) is 38.6 Å². The monoisotopic (exact) mass is 402 g/mol. The van der Waals surface area contributed by atoms with E-state index in [1.165, 1.54) is 11.3 Å². The predicted molar refractivity (Wildman–Crippen MR) is 86.9 cm³/mol. The summed E-state index contributed by atoms with van der Waals surface area (Å²) in [5.74, 6) is -0.0973. The van der Waals surface area contributed by atoms with Crippen molar-refractivity contribution in [1.82, 2.24) is 5.32 Å². The summed E-state index contributed by atoms with van der Waals surface area (Å²) in [5, 5.41) is 6.03. The Labute approximate surface area is 132 Å². The Bertz CT molecular complexity index is 579. The van der Waals surface area contributed by atoms with Gasteiger partial charge < -0.3 is 10.6 Å². The number of carbonyl (C=O) groups is 1. The van der Waals surface area contributed by atoms with Gasteiger partial charge in [-0.2, -0.15) is 0 Å². The molecule has 3 nitrogen and oxygen atoms in total. The molecule has 0 aliphatic carbocycles. The van der Waals surface area contributed by atoms with Crippen molar-refractivity contribution in [2.24, 2.45) is 0 Å². The van der Waals surface area contributed by atoms with Crippen molar-refractivity contribution in [1.29, 1.82) is 0 Å². The summed E-state index contributed by atoms with van der Waals surface area (Å²) in [6.07, 6.45) is 0. The fourth-order valence-corrected chi connectivity index (χ4v) is 3.56. The van der Waals surface area contributed by atoms with Crippen molar-refractivity contribution in [3.63, 3.8) is 0 Å². The molecule has 2 N–H and O–H groups in total. The van der Waals surface area contributed by atoms with Gasteiger partial charge in [-0.15, -0.1) is 11.3 Å². The van der Waals surface area contributed by atoms with Gasteiger partial charge in [0, 0.05) is 16.7 Å². The fraction of sp³-hybridized carbons (Fsp3) is 0.154. The lowest BCUT2D eigenvalue weighted by molar-refractivity contribution is 0.103. The van der Waals surface area contributed by atoms with E-state index in [-0.39, 0.29) is 5.91 Å². The third-order valence-electron chi connectivity index (χ3n) is 2.50. The van der Waals surface area contributed by atoms with Crippen LogP contribution < -0.4 is 10.6 Å². The van der Waals surface area contributed by atoms with Gasteiger partial charge in [0.1, 0.15) is 0 Å². The standard InChI is InChI=1S/C13H12Br2N2OS/c1-16-7-8-4-2-3-5-10(8)17-13(18)11-6-9(14)12(15)19-11/h2-6,16H,7H2,1H3,(H,17,18). The lowest BCUT2D eigenvalue weighted by Gasteiger charge is -2.09. The molecule has 1 amide bonds. The number of halogens is 2. The second-order valence-corrected chi connectivity index (χ2v) is 7.10. The smallest absolute Gasteiger partial charge is 0.265 e. The first-order valence-corrected chi connectivity index (χ1v) is 8.00. The van der Waals surface area contributed by atoms with Crippen LogP contribution in [0.25, 0.3) is 0 Å². The number of nitrogens with one attached hydrogen (secondary N) is 2. The first-order valence-electron chi connectivity index (χ1n) is 5.60. The van der Waals surface area contributed by atoms with Gasteiger partial charge in [-0.3, -0.25) is 4.79 Å². The van der Waals surface area contributed by atoms with Crippen LogP contribution in [-0.2, 0) is 6.54 Å². The van der Waals surface area contributed by atoms with Crippen LogP contribution in [0.4, 0.5) is 5.69 Å². The van der Waals surface area contributed by atoms with Gasteiger partial charge >= 0.3 is 0 Å². The van der Waals surface area contributed by atoms with E-state index in [4.69, 9.17) is 0 Å². The number of para-hydroxylation sites is 1. The van der Waals surface area contributed by atoms with E-state index in [0.29, 0.717) is 11.4 Å². The molecular weight excluding hydrogens is 392 g/mol. The number of thiophene rings is 1. The van der Waals surface area contributed by atoms with E-state index >= 15 is 0 Å². The van der Waals surface area contributed by atoms with Crippen LogP contribution in [0.5, 0.6) is 0 Å². The zero-order chi connectivity index (χ0) is 13.8. The predicted octanol–water partition coefficient (Wildman–Crippen LogP) is 4.24. The van der Waals surface area contributed by atoms with Crippen molar-refractivity contribution in [2.75, 3.05) is 12.4 Å². The number of hydrogen-bond acceptors (Lipinski definition) is 3. The first kappa shape index (κ1) is 14.7. The van der Waals surface area contributed by atoms with Crippen LogP contribution in [0.2, 0.25) is 0 Å². The highest BCUT2D eigenvalue weighted by molar-refractivity contribution is 9.13. The maximum Gasteiger partial charge on any atom is 0.265 e. The summed E-state index contributed by atoms with van der Waals surface area (Å²) in [4.78, 5) is 12.8. The number of hydrogen-bond donors (Lipinski definition) is 2. The van der Waals surface area contributed by atoms with Crippen molar-refractivity contribution in [3.05, 3.63) is 49.0 Å². The minimum atomic E-state index is -0.0973. The Morgan fingerprint density at radius 2 is 2.05 bits per heavy atom. The van der Waals surface area contributed by atoms with E-state index in [9.17, 15) is 4.79 Å². The average Bonchev–Trinajstić information content (AvgIpc) is 2.72. The summed E-state index contributed by atoms with van der Waals surface area (Å²) in [7, 11) is 1.88. The van der Waals surface area contributed by atoms with Crippen molar-refractivity contribution < 1.29 is 4.79 Å². The van der Waals surface area contributed by atoms with Gasteiger partial charge in [0.15, 0.2) is 0 Å². The van der Waals surface area contributed by atoms with Gasteiger partial charge in [-0.1, -0.05) is 18.2 Å². The van der Waals surface area contributed by atoms with Gasteiger partial charge in [-0.05, 0) is 56.6 Å². The summed E-state index contributed by atoms with van der Waals surface area (Å²) >= 11 is 8.18. The van der Waals surface area contributed by atoms with E-state index in [2.05, 4.69) is 42.5 Å². The van der Waals surface area contributed by atoms with Crippen LogP contribution >= 0.6 is 43.2 Å². The number of rotatable bonds is 4. The minimum Gasteiger partial charge on any atom is -0.321 e. The molecule has 6 heteroatoms. The maximum absolute atomic E-state index is 12.2. The van der Waals surface area contributed by atoms with Crippen molar-refractivity contribution in [2.45, 2.75) is 6.54 Å². The first-order chi connectivity index (χ1) is 9.11. The zero-order valence-corrected chi connectivity index (χ0v) is 14.2. The third kappa shape index (κ3) is 3.66. The highest BCUT2D eigenvalue weighted by Gasteiger charge is 2.13. The van der Waals surface area contributed by atoms with E-state index < -0.39 is 0 Å². The third-order valence-corrected chi connectivity index (χ3v) is 5.76. The molecule has 1 heterocycles. The molecular formula is C13H12Br2N2OS. The molecule has 0 atom stereocenters. The van der Waals surface area contributed by atoms with Crippen LogP contribution in [0.1, 0.15) is 15.2 Å². The van der Waals surface area contributed by atoms with Gasteiger partial charge in [-0.25, -0.2) is 0 Å². The maximum atomic E-state index is 12.2. The molecule has 1 aromatic carbocycles. The topological polar surface area (TPSA) is 41.1 Å². The molecule has 0 saturated carbocycles. The van der Waals surface area contributed by atoms with E-state index in [0.717, 1.165) is 19.5 Å². The SMILES string of the molecule is CNCc1ccccc1NC(=O)c1cc(Br)c(Br)s1. The normalized spacial score (nSPS) is 10.5. The van der Waals surface area contributed by atoms with Gasteiger partial charge in [0.2, 0.25) is 0 Å². The Hall–Kier alpha value is -0.690. The number of benzene rings is 1. The molecule has 0 bridgehead atoms. The summed E-state index contributed by atoms with van der Waals surface area (Å²) < 4.78 is 1.81. The molecule has 19 heavy (non-hydrogen) atoms. The van der Waals surface area contributed by atoms with E-state index in [1.807, 2.05) is 37.4 Å². The molecule has 0 unspecified atom stereocenters. The molecule has 0 aliphatic rings. The summed E-state index contributed by atoms with van der Waals surface area (Å²) in [5.41, 5.74) is 1.90. The Kier molecular flexibility index (Phi) is 5.15. The van der Waals surface area contributed by atoms with Crippen LogP contribution in [0.3, 0.4) is 0 Å². The minimum absolute atomic E-state index is 0.0973. The number of anilines is 1. The summed E-state index contributed by atoms with van der Waals surface area (Å²) in [6, 6.07) is 9.58. The average molecular weight is 404 g/mol. The highest BCUT2D eigenvalue weighted by Crippen LogP contribution is 2.32. The fourth-order valence-electron chi connectivity index (χ4n) is 1.63. The van der Waals surface area contributed by atoms with Gasteiger partial charge in [0.05, 0.1) is 8.66 Å². The molecule has 0 fully saturated rings.